The van der Waals surface area contributed by atoms with E-state index in [-0.39, 0.29) is 11.4 Å². The summed E-state index contributed by atoms with van der Waals surface area (Å²) < 4.78 is 0. The molecule has 6 heteroatoms. The lowest BCUT2D eigenvalue weighted by molar-refractivity contribution is -0.140. The van der Waals surface area contributed by atoms with Crippen molar-refractivity contribution in [1.29, 1.82) is 0 Å². The number of aliphatic carboxylic acids is 1. The van der Waals surface area contributed by atoms with Crippen LogP contribution in [-0.2, 0) is 10.2 Å². The summed E-state index contributed by atoms with van der Waals surface area (Å²) in [5.74, 6) is -0.122. The Labute approximate surface area is 128 Å². The maximum Gasteiger partial charge on any atom is 0.327 e. The third-order valence-corrected chi connectivity index (χ3v) is 4.42. The zero-order chi connectivity index (χ0) is 15.6. The quantitative estimate of drug-likeness (QED) is 0.881. The monoisotopic (exact) mass is 308 g/mol. The highest BCUT2D eigenvalue weighted by molar-refractivity contribution is 7.99. The number of benzene rings is 1. The van der Waals surface area contributed by atoms with Gasteiger partial charge < -0.3 is 15.3 Å². The number of carboxylic acid groups (broad SMARTS) is 1. The Bertz CT molecular complexity index is 554. The first kappa shape index (κ1) is 15.7. The van der Waals surface area contributed by atoms with Crippen LogP contribution in [0.5, 0.6) is 0 Å². The van der Waals surface area contributed by atoms with Gasteiger partial charge in [-0.15, -0.1) is 11.8 Å². The predicted molar refractivity (Wildman–Crippen MR) is 84.7 cm³/mol. The summed E-state index contributed by atoms with van der Waals surface area (Å²) in [6, 6.07) is 6.50. The number of nitrogens with one attached hydrogen (secondary N) is 1. The predicted octanol–water partition coefficient (Wildman–Crippen LogP) is 2.98. The number of para-hydroxylation sites is 1. The minimum absolute atomic E-state index is 0.101. The summed E-state index contributed by atoms with van der Waals surface area (Å²) in [4.78, 5) is 24.9. The third-order valence-electron chi connectivity index (χ3n) is 3.40. The van der Waals surface area contributed by atoms with E-state index in [4.69, 9.17) is 5.11 Å². The van der Waals surface area contributed by atoms with Crippen LogP contribution < -0.4 is 5.32 Å². The van der Waals surface area contributed by atoms with Crippen molar-refractivity contribution >= 4 is 29.4 Å². The van der Waals surface area contributed by atoms with Gasteiger partial charge in [-0.2, -0.15) is 0 Å². The summed E-state index contributed by atoms with van der Waals surface area (Å²) in [7, 11) is 0. The van der Waals surface area contributed by atoms with E-state index in [1.165, 1.54) is 16.7 Å². The number of hydrogen-bond donors (Lipinski definition) is 2. The van der Waals surface area contributed by atoms with Crippen LogP contribution in [0.15, 0.2) is 24.3 Å². The molecule has 1 aliphatic heterocycles. The number of anilines is 1. The smallest absolute Gasteiger partial charge is 0.327 e. The van der Waals surface area contributed by atoms with Crippen molar-refractivity contribution < 1.29 is 14.7 Å². The Kier molecular flexibility index (Phi) is 4.46. The second kappa shape index (κ2) is 5.97. The van der Waals surface area contributed by atoms with Crippen molar-refractivity contribution in [3.05, 3.63) is 29.8 Å². The van der Waals surface area contributed by atoms with Crippen molar-refractivity contribution in [2.24, 2.45) is 0 Å². The number of urea groups is 1. The first-order valence-corrected chi connectivity index (χ1v) is 7.94. The summed E-state index contributed by atoms with van der Waals surface area (Å²) in [5.41, 5.74) is 1.66. The summed E-state index contributed by atoms with van der Waals surface area (Å²) in [6.45, 7) is 6.22. The zero-order valence-corrected chi connectivity index (χ0v) is 13.2. The maximum absolute atomic E-state index is 12.3. The third kappa shape index (κ3) is 3.50. The van der Waals surface area contributed by atoms with E-state index >= 15 is 0 Å². The molecule has 1 aromatic carbocycles. The first-order valence-electron chi connectivity index (χ1n) is 6.78. The molecule has 1 fully saturated rings. The van der Waals surface area contributed by atoms with Crippen LogP contribution in [0.4, 0.5) is 10.5 Å². The molecule has 0 saturated carbocycles. The van der Waals surface area contributed by atoms with Crippen LogP contribution in [0.2, 0.25) is 0 Å². The summed E-state index contributed by atoms with van der Waals surface area (Å²) in [6.07, 6.45) is 0. The molecular weight excluding hydrogens is 288 g/mol. The average Bonchev–Trinajstić information content (AvgIpc) is 2.87. The molecule has 0 aliphatic carbocycles. The molecule has 5 nitrogen and oxygen atoms in total. The molecule has 2 rings (SSSR count). The fraction of sp³-hybridized carbons (Fsp3) is 0.467. The minimum atomic E-state index is -0.959. The molecule has 114 valence electrons. The van der Waals surface area contributed by atoms with Gasteiger partial charge in [0.2, 0.25) is 0 Å². The number of amides is 2. The van der Waals surface area contributed by atoms with E-state index < -0.39 is 12.0 Å². The van der Waals surface area contributed by atoms with Gasteiger partial charge in [0.15, 0.2) is 0 Å². The van der Waals surface area contributed by atoms with Gasteiger partial charge in [-0.05, 0) is 17.0 Å². The minimum Gasteiger partial charge on any atom is -0.480 e. The Hall–Kier alpha value is -1.69. The second-order valence-electron chi connectivity index (χ2n) is 6.05. The molecule has 2 amide bonds. The number of hydrogen-bond acceptors (Lipinski definition) is 3. The van der Waals surface area contributed by atoms with Crippen LogP contribution in [-0.4, -0.2) is 39.7 Å². The second-order valence-corrected chi connectivity index (χ2v) is 7.05. The first-order chi connectivity index (χ1) is 9.80. The lowest BCUT2D eigenvalue weighted by atomic mass is 9.86. The van der Waals surface area contributed by atoms with Crippen LogP contribution in [0, 0.1) is 0 Å². The lowest BCUT2D eigenvalue weighted by Crippen LogP contribution is -2.44. The standard InChI is InChI=1S/C15H20N2O3S/c1-15(2,3)10-6-4-5-7-11(10)16-14(20)17-9-21-8-12(17)13(18)19/h4-7,12H,8-9H2,1-3H3,(H,16,20)(H,18,19)/t12-/m0/s1. The Morgan fingerprint density at radius 2 is 2.00 bits per heavy atom. The average molecular weight is 308 g/mol. The van der Waals surface area contributed by atoms with Crippen molar-refractivity contribution in [2.45, 2.75) is 32.2 Å². The van der Waals surface area contributed by atoms with Gasteiger partial charge in [0.1, 0.15) is 6.04 Å². The number of thioether (sulfide) groups is 1. The fourth-order valence-corrected chi connectivity index (χ4v) is 3.43. The van der Waals surface area contributed by atoms with Crippen molar-refractivity contribution in [1.82, 2.24) is 4.90 Å². The fourth-order valence-electron chi connectivity index (χ4n) is 2.28. The molecule has 0 spiro atoms. The van der Waals surface area contributed by atoms with E-state index in [0.29, 0.717) is 11.6 Å². The normalized spacial score (nSPS) is 18.6. The summed E-state index contributed by atoms with van der Waals surface area (Å²) in [5, 5.41) is 12.0. The van der Waals surface area contributed by atoms with Crippen LogP contribution in [0.1, 0.15) is 26.3 Å². The van der Waals surface area contributed by atoms with Gasteiger partial charge in [-0.25, -0.2) is 9.59 Å². The van der Waals surface area contributed by atoms with Crippen molar-refractivity contribution in [2.75, 3.05) is 16.9 Å². The van der Waals surface area contributed by atoms with Gasteiger partial charge in [0, 0.05) is 11.4 Å². The molecule has 0 aromatic heterocycles. The molecule has 0 unspecified atom stereocenters. The Morgan fingerprint density at radius 3 is 2.62 bits per heavy atom. The van der Waals surface area contributed by atoms with E-state index in [9.17, 15) is 9.59 Å². The highest BCUT2D eigenvalue weighted by Crippen LogP contribution is 2.30. The van der Waals surface area contributed by atoms with Gasteiger partial charge in [-0.1, -0.05) is 39.0 Å². The largest absolute Gasteiger partial charge is 0.480 e. The van der Waals surface area contributed by atoms with E-state index in [0.717, 1.165) is 11.3 Å². The lowest BCUT2D eigenvalue weighted by Gasteiger charge is -2.25. The zero-order valence-electron chi connectivity index (χ0n) is 12.4. The number of nitrogens with zero attached hydrogens (tertiary/aromatic N) is 1. The highest BCUT2D eigenvalue weighted by Gasteiger charge is 2.35. The number of rotatable bonds is 2. The topological polar surface area (TPSA) is 69.6 Å². The van der Waals surface area contributed by atoms with Gasteiger partial charge in [0.05, 0.1) is 5.88 Å². The van der Waals surface area contributed by atoms with Gasteiger partial charge in [-0.3, -0.25) is 0 Å². The Balaban J connectivity index is 2.19. The molecule has 0 radical (unpaired) electrons. The van der Waals surface area contributed by atoms with E-state index in [1.54, 1.807) is 0 Å². The Morgan fingerprint density at radius 1 is 1.33 bits per heavy atom. The molecule has 1 aliphatic rings. The molecule has 1 heterocycles. The molecule has 2 N–H and O–H groups in total. The SMILES string of the molecule is CC(C)(C)c1ccccc1NC(=O)N1CSC[C@H]1C(=O)O. The van der Waals surface area contributed by atoms with Gasteiger partial charge >= 0.3 is 12.0 Å². The molecule has 1 atom stereocenters. The van der Waals surface area contributed by atoms with E-state index in [1.807, 2.05) is 24.3 Å². The molecular formula is C15H20N2O3S. The molecule has 21 heavy (non-hydrogen) atoms. The van der Waals surface area contributed by atoms with Crippen LogP contribution in [0.25, 0.3) is 0 Å². The highest BCUT2D eigenvalue weighted by atomic mass is 32.2. The number of carboxylic acids is 1. The summed E-state index contributed by atoms with van der Waals surface area (Å²) >= 11 is 1.45. The maximum atomic E-state index is 12.3. The molecule has 1 saturated heterocycles. The molecule has 1 aromatic rings. The number of carbonyl (C=O) groups is 2. The van der Waals surface area contributed by atoms with Gasteiger partial charge in [0.25, 0.3) is 0 Å². The molecule has 0 bridgehead atoms. The van der Waals surface area contributed by atoms with Crippen molar-refractivity contribution in [3.8, 4) is 0 Å². The van der Waals surface area contributed by atoms with E-state index in [2.05, 4.69) is 26.1 Å². The number of carbonyl (C=O) groups excluding carboxylic acids is 1. The van der Waals surface area contributed by atoms with Crippen LogP contribution in [0.3, 0.4) is 0 Å². The van der Waals surface area contributed by atoms with Crippen molar-refractivity contribution in [3.63, 3.8) is 0 Å². The van der Waals surface area contributed by atoms with Crippen LogP contribution >= 0.6 is 11.8 Å².